The predicted molar refractivity (Wildman–Crippen MR) is 150 cm³/mol. The van der Waals surface area contributed by atoms with Crippen LogP contribution in [-0.4, -0.2) is 51.1 Å². The second kappa shape index (κ2) is 10.1. The first-order valence-corrected chi connectivity index (χ1v) is 14.1. The Kier molecular flexibility index (Phi) is 6.75. The highest BCUT2D eigenvalue weighted by atomic mass is 35.5. The van der Waals surface area contributed by atoms with Gasteiger partial charge in [-0.15, -0.1) is 0 Å². The van der Waals surface area contributed by atoms with Gasteiger partial charge in [0.25, 0.3) is 0 Å². The highest BCUT2D eigenvalue weighted by Crippen LogP contribution is 2.42. The molecule has 2 aliphatic heterocycles. The van der Waals surface area contributed by atoms with Crippen LogP contribution in [0.25, 0.3) is 11.2 Å². The van der Waals surface area contributed by atoms with Crippen LogP contribution in [0, 0.1) is 0 Å². The molecule has 10 heteroatoms. The average Bonchev–Trinajstić information content (AvgIpc) is 3.48. The number of nitrogens with zero attached hydrogens (tertiary/aromatic N) is 5. The van der Waals surface area contributed by atoms with E-state index >= 15 is 0 Å². The molecule has 39 heavy (non-hydrogen) atoms. The van der Waals surface area contributed by atoms with E-state index in [1.807, 2.05) is 24.1 Å². The number of rotatable bonds is 5. The van der Waals surface area contributed by atoms with Gasteiger partial charge in [-0.25, -0.2) is 9.97 Å². The first kappa shape index (κ1) is 26.1. The topological polar surface area (TPSA) is 102 Å². The van der Waals surface area contributed by atoms with E-state index in [4.69, 9.17) is 31.1 Å². The van der Waals surface area contributed by atoms with E-state index in [9.17, 15) is 9.90 Å². The first-order valence-electron chi connectivity index (χ1n) is 13.7. The van der Waals surface area contributed by atoms with E-state index < -0.39 is 0 Å². The minimum absolute atomic E-state index is 0.0428. The Bertz CT molecular complexity index is 1450. The summed E-state index contributed by atoms with van der Waals surface area (Å²) in [6.45, 7) is 4.54. The van der Waals surface area contributed by atoms with Crippen molar-refractivity contribution in [1.29, 1.82) is 0 Å². The molecule has 1 aliphatic carbocycles. The predicted octanol–water partition coefficient (Wildman–Crippen LogP) is 5.49. The van der Waals surface area contributed by atoms with Gasteiger partial charge in [-0.05, 0) is 82.2 Å². The van der Waals surface area contributed by atoms with E-state index in [0.29, 0.717) is 23.8 Å². The molecule has 0 radical (unpaired) electrons. The van der Waals surface area contributed by atoms with Crippen LogP contribution in [0.1, 0.15) is 82.3 Å². The maximum Gasteiger partial charge on any atom is 0.227 e. The zero-order chi connectivity index (χ0) is 27.3. The number of hydrogen-bond donors (Lipinski definition) is 1. The lowest BCUT2D eigenvalue weighted by Gasteiger charge is -2.37. The van der Waals surface area contributed by atoms with Gasteiger partial charge in [0.2, 0.25) is 5.91 Å². The first-order chi connectivity index (χ1) is 18.8. The minimum atomic E-state index is -0.368. The average molecular weight is 552 g/mol. The van der Waals surface area contributed by atoms with Crippen molar-refractivity contribution in [2.45, 2.75) is 82.4 Å². The van der Waals surface area contributed by atoms with Crippen LogP contribution in [0.4, 0.5) is 5.69 Å². The number of amides is 1. The smallest absolute Gasteiger partial charge is 0.227 e. The Morgan fingerprint density at radius 1 is 1.18 bits per heavy atom. The molecule has 206 valence electrons. The fourth-order valence-corrected chi connectivity index (χ4v) is 6.46. The lowest BCUT2D eigenvalue weighted by atomic mass is 9.81. The van der Waals surface area contributed by atoms with E-state index in [0.717, 1.165) is 72.5 Å². The molecule has 2 aromatic heterocycles. The molecule has 2 unspecified atom stereocenters. The number of methoxy groups -OCH3 is 1. The fraction of sp³-hybridized carbons (Fsp3) is 0.517. The highest BCUT2D eigenvalue weighted by molar-refractivity contribution is 6.32. The standard InChI is InChI=1S/C29H34ClN5O4/c1-17-29(2,16-39-33-17)18-13-23-27(31-15-18)35(19-7-10-21(36)11-8-19)28(32-23)24-5-4-6-26(37)34(24)20-9-12-25(38-3)22(30)14-20/h9,12-15,19,21,24,36H,4-8,10-11,16H2,1-3H3. The SMILES string of the molecule is COc1ccc(N2C(=O)CCCC2c2nc3cc(C4(C)CON=C4C)cnc3n2C2CCC(O)CC2)cc1Cl. The molecule has 0 bridgehead atoms. The number of imidazole rings is 1. The highest BCUT2D eigenvalue weighted by Gasteiger charge is 2.39. The van der Waals surface area contributed by atoms with Gasteiger partial charge in [-0.1, -0.05) is 16.8 Å². The Balaban J connectivity index is 1.49. The number of aliphatic hydroxyl groups excluding tert-OH is 1. The Labute approximate surface area is 232 Å². The number of carbonyl (C=O) groups excluding carboxylic acids is 1. The number of oxime groups is 1. The van der Waals surface area contributed by atoms with E-state index in [2.05, 4.69) is 22.7 Å². The van der Waals surface area contributed by atoms with Crippen molar-refractivity contribution in [2.24, 2.45) is 5.16 Å². The fourth-order valence-electron chi connectivity index (χ4n) is 6.21. The largest absolute Gasteiger partial charge is 0.495 e. The van der Waals surface area contributed by atoms with E-state index in [1.165, 1.54) is 0 Å². The molecular weight excluding hydrogens is 518 g/mol. The molecule has 1 amide bonds. The van der Waals surface area contributed by atoms with Crippen LogP contribution >= 0.6 is 11.6 Å². The molecule has 2 fully saturated rings. The van der Waals surface area contributed by atoms with Gasteiger partial charge in [-0.2, -0.15) is 0 Å². The number of carbonyl (C=O) groups is 1. The number of piperidine rings is 1. The van der Waals surface area contributed by atoms with E-state index in [1.54, 1.807) is 19.2 Å². The van der Waals surface area contributed by atoms with E-state index in [-0.39, 0.29) is 29.5 Å². The van der Waals surface area contributed by atoms with Crippen molar-refractivity contribution in [2.75, 3.05) is 18.6 Å². The summed E-state index contributed by atoms with van der Waals surface area (Å²) in [6.07, 6.45) is 6.77. The molecule has 1 N–H and O–H groups in total. The molecule has 6 rings (SSSR count). The Morgan fingerprint density at radius 3 is 2.67 bits per heavy atom. The van der Waals surface area contributed by atoms with Crippen molar-refractivity contribution >= 4 is 40.1 Å². The number of halogens is 1. The van der Waals surface area contributed by atoms with Crippen molar-refractivity contribution < 1.29 is 19.5 Å². The van der Waals surface area contributed by atoms with Crippen molar-refractivity contribution in [1.82, 2.24) is 14.5 Å². The normalized spacial score (nSPS) is 27.5. The monoisotopic (exact) mass is 551 g/mol. The molecule has 1 saturated heterocycles. The van der Waals surface area contributed by atoms with Crippen LogP contribution in [0.5, 0.6) is 5.75 Å². The van der Waals surface area contributed by atoms with Crippen LogP contribution in [-0.2, 0) is 15.0 Å². The maximum atomic E-state index is 13.4. The number of ether oxygens (including phenoxy) is 1. The van der Waals surface area contributed by atoms with Gasteiger partial charge in [0.15, 0.2) is 5.65 Å². The number of aliphatic hydroxyl groups is 1. The second-order valence-corrected chi connectivity index (χ2v) is 11.5. The maximum absolute atomic E-state index is 13.4. The summed E-state index contributed by atoms with van der Waals surface area (Å²) in [6, 6.07) is 7.43. The van der Waals surface area contributed by atoms with Gasteiger partial charge < -0.3 is 24.1 Å². The molecule has 3 aliphatic rings. The van der Waals surface area contributed by atoms with Crippen LogP contribution in [0.15, 0.2) is 35.6 Å². The molecule has 2 atom stereocenters. The number of fused-ring (bicyclic) bond motifs is 1. The third-order valence-corrected chi connectivity index (χ3v) is 9.03. The molecule has 0 spiro atoms. The van der Waals surface area contributed by atoms with Gasteiger partial charge in [0.05, 0.1) is 35.4 Å². The number of anilines is 1. The van der Waals surface area contributed by atoms with Crippen molar-refractivity contribution in [3.8, 4) is 5.75 Å². The summed E-state index contributed by atoms with van der Waals surface area (Å²) in [5, 5.41) is 14.8. The number of benzene rings is 1. The molecule has 3 aromatic rings. The summed E-state index contributed by atoms with van der Waals surface area (Å²) in [5.41, 5.74) is 3.86. The minimum Gasteiger partial charge on any atom is -0.495 e. The molecule has 9 nitrogen and oxygen atoms in total. The second-order valence-electron chi connectivity index (χ2n) is 11.1. The summed E-state index contributed by atoms with van der Waals surface area (Å²) in [7, 11) is 1.58. The molecule has 1 saturated carbocycles. The van der Waals surface area contributed by atoms with Gasteiger partial charge in [0.1, 0.15) is 23.7 Å². The van der Waals surface area contributed by atoms with Crippen molar-refractivity contribution in [3.63, 3.8) is 0 Å². The summed E-state index contributed by atoms with van der Waals surface area (Å²) >= 11 is 6.49. The van der Waals surface area contributed by atoms with Gasteiger partial charge >= 0.3 is 0 Å². The van der Waals surface area contributed by atoms with Crippen molar-refractivity contribution in [3.05, 3.63) is 46.9 Å². The van der Waals surface area contributed by atoms with Crippen LogP contribution < -0.4 is 9.64 Å². The molecular formula is C29H34ClN5O4. The summed E-state index contributed by atoms with van der Waals surface area (Å²) in [4.78, 5) is 30.8. The third kappa shape index (κ3) is 4.45. The Hall–Kier alpha value is -3.17. The zero-order valence-corrected chi connectivity index (χ0v) is 23.3. The summed E-state index contributed by atoms with van der Waals surface area (Å²) in [5.74, 6) is 1.44. The Morgan fingerprint density at radius 2 is 1.97 bits per heavy atom. The van der Waals surface area contributed by atoms with Gasteiger partial charge in [0, 0.05) is 24.3 Å². The number of hydrogen-bond acceptors (Lipinski definition) is 7. The number of aromatic nitrogens is 3. The number of pyridine rings is 1. The van der Waals surface area contributed by atoms with Crippen LogP contribution in [0.3, 0.4) is 0 Å². The van der Waals surface area contributed by atoms with Crippen LogP contribution in [0.2, 0.25) is 5.02 Å². The quantitative estimate of drug-likeness (QED) is 0.450. The van der Waals surface area contributed by atoms with Gasteiger partial charge in [-0.3, -0.25) is 4.79 Å². The molecule has 4 heterocycles. The zero-order valence-electron chi connectivity index (χ0n) is 22.6. The third-order valence-electron chi connectivity index (χ3n) is 8.74. The molecule has 1 aromatic carbocycles. The lowest BCUT2D eigenvalue weighted by molar-refractivity contribution is -0.120. The summed E-state index contributed by atoms with van der Waals surface area (Å²) < 4.78 is 7.58. The lowest BCUT2D eigenvalue weighted by Crippen LogP contribution is -2.40.